The number of hydrogen-bond donors (Lipinski definition) is 0. The first kappa shape index (κ1) is 9.20. The number of halogens is 2. The molecule has 0 heterocycles. The smallest absolute Gasteiger partial charge is 0.168 e. The van der Waals surface area contributed by atoms with Crippen molar-refractivity contribution in [2.24, 2.45) is 5.92 Å². The van der Waals surface area contributed by atoms with E-state index in [0.29, 0.717) is 6.42 Å². The molecule has 0 N–H and O–H groups in total. The molecule has 1 aliphatic carbocycles. The molecule has 2 unspecified atom stereocenters. The summed E-state index contributed by atoms with van der Waals surface area (Å²) in [4.78, 5) is 0. The molecule has 2 rings (SSSR count). The molecular formula is C11H12BrF. The third-order valence-electron chi connectivity index (χ3n) is 2.58. The molecule has 1 saturated carbocycles. The molecule has 2 atom stereocenters. The van der Waals surface area contributed by atoms with Gasteiger partial charge in [-0.15, -0.1) is 0 Å². The van der Waals surface area contributed by atoms with Gasteiger partial charge in [0, 0.05) is 5.92 Å². The summed E-state index contributed by atoms with van der Waals surface area (Å²) in [7, 11) is 0. The van der Waals surface area contributed by atoms with Crippen LogP contribution in [0.1, 0.15) is 18.4 Å². The third-order valence-corrected chi connectivity index (χ3v) is 3.55. The van der Waals surface area contributed by atoms with Gasteiger partial charge in [-0.2, -0.15) is 0 Å². The Kier molecular flexibility index (Phi) is 2.41. The molecule has 13 heavy (non-hydrogen) atoms. The predicted octanol–water partition coefficient (Wildman–Crippen LogP) is 3.70. The maximum Gasteiger partial charge on any atom is 0.168 e. The molecule has 1 aromatic carbocycles. The van der Waals surface area contributed by atoms with E-state index in [-0.39, 0.29) is 5.92 Å². The Morgan fingerprint density at radius 1 is 1.38 bits per heavy atom. The van der Waals surface area contributed by atoms with E-state index >= 15 is 0 Å². The fourth-order valence-electron chi connectivity index (χ4n) is 1.57. The summed E-state index contributed by atoms with van der Waals surface area (Å²) in [5.41, 5.74) is 1.30. The lowest BCUT2D eigenvalue weighted by atomic mass is 10.1. The van der Waals surface area contributed by atoms with Gasteiger partial charge >= 0.3 is 0 Å². The molecule has 0 radical (unpaired) electrons. The van der Waals surface area contributed by atoms with Crippen LogP contribution < -0.4 is 0 Å². The SMILES string of the molecule is FC1(Br)CC1CCc1ccccc1. The standard InChI is InChI=1S/C11H12BrF/c12-11(13)8-10(11)7-6-9-4-2-1-3-5-9/h1-5,10H,6-8H2. The van der Waals surface area contributed by atoms with Crippen molar-refractivity contribution in [2.45, 2.75) is 23.8 Å². The van der Waals surface area contributed by atoms with Crippen LogP contribution >= 0.6 is 15.9 Å². The number of rotatable bonds is 3. The average molecular weight is 243 g/mol. The Labute approximate surface area is 86.3 Å². The first-order valence-corrected chi connectivity index (χ1v) is 5.39. The van der Waals surface area contributed by atoms with Crippen molar-refractivity contribution in [3.8, 4) is 0 Å². The molecule has 2 heteroatoms. The molecule has 0 aliphatic heterocycles. The predicted molar refractivity (Wildman–Crippen MR) is 55.6 cm³/mol. The largest absolute Gasteiger partial charge is 0.231 e. The van der Waals surface area contributed by atoms with Gasteiger partial charge in [0.05, 0.1) is 0 Å². The lowest BCUT2D eigenvalue weighted by Crippen LogP contribution is -1.93. The van der Waals surface area contributed by atoms with Gasteiger partial charge in [-0.1, -0.05) is 30.3 Å². The van der Waals surface area contributed by atoms with E-state index in [9.17, 15) is 4.39 Å². The van der Waals surface area contributed by atoms with Crippen LogP contribution in [-0.2, 0) is 6.42 Å². The molecule has 0 saturated heterocycles. The van der Waals surface area contributed by atoms with Crippen LogP contribution in [0.3, 0.4) is 0 Å². The van der Waals surface area contributed by atoms with Crippen molar-refractivity contribution in [1.82, 2.24) is 0 Å². The van der Waals surface area contributed by atoms with Gasteiger partial charge in [0.2, 0.25) is 0 Å². The maximum atomic E-state index is 13.1. The zero-order valence-corrected chi connectivity index (χ0v) is 8.93. The van der Waals surface area contributed by atoms with Crippen LogP contribution in [0.2, 0.25) is 0 Å². The first-order chi connectivity index (χ1) is 6.18. The zero-order valence-electron chi connectivity index (χ0n) is 7.34. The molecule has 1 fully saturated rings. The van der Waals surface area contributed by atoms with Crippen LogP contribution in [0.25, 0.3) is 0 Å². The molecular weight excluding hydrogens is 231 g/mol. The Morgan fingerprint density at radius 2 is 2.00 bits per heavy atom. The van der Waals surface area contributed by atoms with Crippen molar-refractivity contribution in [1.29, 1.82) is 0 Å². The minimum atomic E-state index is -1.04. The average Bonchev–Trinajstić information content (AvgIpc) is 2.73. The molecule has 0 amide bonds. The minimum Gasteiger partial charge on any atom is -0.231 e. The van der Waals surface area contributed by atoms with Crippen LogP contribution in [0.15, 0.2) is 30.3 Å². The van der Waals surface area contributed by atoms with E-state index in [4.69, 9.17) is 0 Å². The molecule has 0 aromatic heterocycles. The van der Waals surface area contributed by atoms with Gasteiger partial charge in [0.25, 0.3) is 0 Å². The normalized spacial score (nSPS) is 31.7. The van der Waals surface area contributed by atoms with Crippen LogP contribution in [0, 0.1) is 5.92 Å². The van der Waals surface area contributed by atoms with Crippen LogP contribution in [-0.4, -0.2) is 4.58 Å². The van der Waals surface area contributed by atoms with Gasteiger partial charge < -0.3 is 0 Å². The Balaban J connectivity index is 1.82. The second-order valence-electron chi connectivity index (χ2n) is 3.69. The number of hydrogen-bond acceptors (Lipinski definition) is 0. The maximum absolute atomic E-state index is 13.1. The molecule has 0 spiro atoms. The second kappa shape index (κ2) is 3.41. The van der Waals surface area contributed by atoms with E-state index in [1.165, 1.54) is 5.56 Å². The highest BCUT2D eigenvalue weighted by atomic mass is 79.9. The summed E-state index contributed by atoms with van der Waals surface area (Å²) in [5.74, 6) is 0.229. The highest BCUT2D eigenvalue weighted by molar-refractivity contribution is 9.10. The second-order valence-corrected chi connectivity index (χ2v) is 5.00. The van der Waals surface area contributed by atoms with Crippen molar-refractivity contribution >= 4 is 15.9 Å². The number of alkyl halides is 2. The number of aryl methyl sites for hydroxylation is 1. The van der Waals surface area contributed by atoms with Crippen molar-refractivity contribution in [3.05, 3.63) is 35.9 Å². The topological polar surface area (TPSA) is 0 Å². The van der Waals surface area contributed by atoms with E-state index < -0.39 is 4.58 Å². The fraction of sp³-hybridized carbons (Fsp3) is 0.455. The van der Waals surface area contributed by atoms with Gasteiger partial charge in [-0.05, 0) is 40.8 Å². The highest BCUT2D eigenvalue weighted by Gasteiger charge is 2.52. The van der Waals surface area contributed by atoms with Crippen molar-refractivity contribution < 1.29 is 4.39 Å². The van der Waals surface area contributed by atoms with E-state index in [1.54, 1.807) is 0 Å². The van der Waals surface area contributed by atoms with Crippen LogP contribution in [0.5, 0.6) is 0 Å². The molecule has 0 nitrogen and oxygen atoms in total. The fourth-order valence-corrected chi connectivity index (χ4v) is 2.19. The quantitative estimate of drug-likeness (QED) is 0.710. The van der Waals surface area contributed by atoms with E-state index in [1.807, 2.05) is 18.2 Å². The van der Waals surface area contributed by atoms with E-state index in [0.717, 1.165) is 12.8 Å². The third kappa shape index (κ3) is 2.31. The first-order valence-electron chi connectivity index (χ1n) is 4.60. The summed E-state index contributed by atoms with van der Waals surface area (Å²) in [6, 6.07) is 10.2. The van der Waals surface area contributed by atoms with Crippen molar-refractivity contribution in [2.75, 3.05) is 0 Å². The molecule has 0 bridgehead atoms. The number of benzene rings is 1. The van der Waals surface area contributed by atoms with Gasteiger partial charge in [-0.25, -0.2) is 4.39 Å². The summed E-state index contributed by atoms with van der Waals surface area (Å²) >= 11 is 3.06. The summed E-state index contributed by atoms with van der Waals surface area (Å²) in [5, 5.41) is 0. The Bertz CT molecular complexity index is 281. The highest BCUT2D eigenvalue weighted by Crippen LogP contribution is 2.54. The molecule has 1 aromatic rings. The lowest BCUT2D eigenvalue weighted by molar-refractivity contribution is 0.406. The summed E-state index contributed by atoms with van der Waals surface area (Å²) < 4.78 is 12.0. The lowest BCUT2D eigenvalue weighted by Gasteiger charge is -2.00. The van der Waals surface area contributed by atoms with Gasteiger partial charge in [0.15, 0.2) is 4.58 Å². The Hall–Kier alpha value is -0.370. The monoisotopic (exact) mass is 242 g/mol. The minimum absolute atomic E-state index is 0.229. The zero-order chi connectivity index (χ0) is 9.31. The molecule has 70 valence electrons. The summed E-state index contributed by atoms with van der Waals surface area (Å²) in [6.45, 7) is 0. The Morgan fingerprint density at radius 3 is 2.54 bits per heavy atom. The van der Waals surface area contributed by atoms with Gasteiger partial charge in [0.1, 0.15) is 0 Å². The summed E-state index contributed by atoms with van der Waals surface area (Å²) in [6.07, 6.45) is 2.62. The van der Waals surface area contributed by atoms with Crippen molar-refractivity contribution in [3.63, 3.8) is 0 Å². The van der Waals surface area contributed by atoms with E-state index in [2.05, 4.69) is 28.1 Å². The molecule has 1 aliphatic rings. The van der Waals surface area contributed by atoms with Crippen LogP contribution in [0.4, 0.5) is 4.39 Å². The van der Waals surface area contributed by atoms with Gasteiger partial charge in [-0.3, -0.25) is 0 Å².